The zero-order valence-corrected chi connectivity index (χ0v) is 16.2. The fourth-order valence-corrected chi connectivity index (χ4v) is 4.40. The van der Waals surface area contributed by atoms with E-state index in [4.69, 9.17) is 4.74 Å². The summed E-state index contributed by atoms with van der Waals surface area (Å²) >= 11 is 2.20. The van der Waals surface area contributed by atoms with Crippen LogP contribution in [0.25, 0.3) is 0 Å². The number of phenolic OH excluding ortho intramolecular Hbond substituents is 1. The quantitative estimate of drug-likeness (QED) is 0.677. The van der Waals surface area contributed by atoms with Crippen LogP contribution in [0.5, 0.6) is 11.5 Å². The van der Waals surface area contributed by atoms with Gasteiger partial charge in [0.15, 0.2) is 11.5 Å². The van der Waals surface area contributed by atoms with E-state index in [0.29, 0.717) is 5.75 Å². The molecule has 1 aromatic carbocycles. The Morgan fingerprint density at radius 3 is 2.24 bits per heavy atom. The first-order valence-corrected chi connectivity index (χ1v) is 8.67. The Kier molecular flexibility index (Phi) is 4.29. The molecule has 0 bridgehead atoms. The lowest BCUT2D eigenvalue weighted by Gasteiger charge is -2.59. The number of benzene rings is 1. The van der Waals surface area contributed by atoms with Crippen LogP contribution in [-0.4, -0.2) is 12.2 Å². The highest BCUT2D eigenvalue weighted by Crippen LogP contribution is 2.62. The van der Waals surface area contributed by atoms with E-state index in [1.165, 1.54) is 18.4 Å². The monoisotopic (exact) mass is 402 g/mol. The zero-order chi connectivity index (χ0) is 16.1. The van der Waals surface area contributed by atoms with Gasteiger partial charge < -0.3 is 9.84 Å². The van der Waals surface area contributed by atoms with E-state index in [2.05, 4.69) is 63.3 Å². The molecule has 2 nitrogen and oxygen atoms in total. The van der Waals surface area contributed by atoms with Gasteiger partial charge in [0.2, 0.25) is 0 Å². The van der Waals surface area contributed by atoms with Crippen LogP contribution in [0.4, 0.5) is 0 Å². The van der Waals surface area contributed by atoms with Crippen LogP contribution in [0.3, 0.4) is 0 Å². The lowest BCUT2D eigenvalue weighted by atomic mass is 9.45. The van der Waals surface area contributed by atoms with Crippen molar-refractivity contribution in [1.82, 2.24) is 0 Å². The van der Waals surface area contributed by atoms with Gasteiger partial charge in [-0.05, 0) is 70.4 Å². The van der Waals surface area contributed by atoms with E-state index in [1.54, 1.807) is 7.11 Å². The smallest absolute Gasteiger partial charge is 0.171 e. The number of aromatic hydroxyl groups is 1. The van der Waals surface area contributed by atoms with Crippen LogP contribution < -0.4 is 4.74 Å². The predicted molar refractivity (Wildman–Crippen MR) is 96.1 cm³/mol. The van der Waals surface area contributed by atoms with Crippen LogP contribution in [0.2, 0.25) is 0 Å². The van der Waals surface area contributed by atoms with Crippen molar-refractivity contribution in [1.29, 1.82) is 0 Å². The van der Waals surface area contributed by atoms with E-state index >= 15 is 0 Å². The van der Waals surface area contributed by atoms with Crippen LogP contribution in [0.15, 0.2) is 12.1 Å². The molecule has 1 atom stereocenters. The number of hydrogen-bond donors (Lipinski definition) is 1. The van der Waals surface area contributed by atoms with Crippen LogP contribution in [0.1, 0.15) is 59.4 Å². The van der Waals surface area contributed by atoms with E-state index < -0.39 is 0 Å². The highest BCUT2D eigenvalue weighted by atomic mass is 127. The SMILES string of the molecule is COc1cc(C2(CC(C)(C)C)CCC2(C)C)cc(I)c1O. The molecule has 1 aromatic rings. The standard InChI is InChI=1S/C18H27IO2/c1-16(2,3)11-18(8-7-17(18,4)5)12-9-13(19)15(20)14(10-12)21-6/h9-10,20H,7-8,11H2,1-6H3. The maximum atomic E-state index is 10.1. The average molecular weight is 402 g/mol. The van der Waals surface area contributed by atoms with E-state index in [1.807, 2.05) is 6.07 Å². The number of halogens is 1. The van der Waals surface area contributed by atoms with Gasteiger partial charge in [0.05, 0.1) is 10.7 Å². The van der Waals surface area contributed by atoms with Crippen molar-refractivity contribution in [3.63, 3.8) is 0 Å². The summed E-state index contributed by atoms with van der Waals surface area (Å²) in [4.78, 5) is 0. The number of hydrogen-bond acceptors (Lipinski definition) is 2. The van der Waals surface area contributed by atoms with Gasteiger partial charge in [-0.1, -0.05) is 34.6 Å². The molecule has 0 saturated heterocycles. The number of methoxy groups -OCH3 is 1. The first-order valence-electron chi connectivity index (χ1n) is 7.59. The second kappa shape index (κ2) is 5.32. The molecule has 21 heavy (non-hydrogen) atoms. The largest absolute Gasteiger partial charge is 0.504 e. The Morgan fingerprint density at radius 1 is 1.24 bits per heavy atom. The Bertz CT molecular complexity index is 543. The highest BCUT2D eigenvalue weighted by Gasteiger charge is 2.55. The number of rotatable bonds is 3. The van der Waals surface area contributed by atoms with Crippen LogP contribution in [-0.2, 0) is 5.41 Å². The fourth-order valence-electron chi connectivity index (χ4n) is 3.80. The summed E-state index contributed by atoms with van der Waals surface area (Å²) in [6, 6.07) is 4.19. The minimum Gasteiger partial charge on any atom is -0.504 e. The maximum Gasteiger partial charge on any atom is 0.171 e. The summed E-state index contributed by atoms with van der Waals surface area (Å²) in [7, 11) is 1.62. The van der Waals surface area contributed by atoms with Gasteiger partial charge in [0, 0.05) is 5.41 Å². The molecule has 1 aliphatic rings. The molecule has 1 saturated carbocycles. The molecule has 0 radical (unpaired) electrons. The molecule has 3 heteroatoms. The van der Waals surface area contributed by atoms with E-state index in [-0.39, 0.29) is 22.0 Å². The van der Waals surface area contributed by atoms with Crippen molar-refractivity contribution in [2.45, 2.75) is 59.3 Å². The second-order valence-corrected chi connectivity index (χ2v) is 9.37. The molecule has 0 spiro atoms. The zero-order valence-electron chi connectivity index (χ0n) is 14.0. The molecular formula is C18H27IO2. The molecule has 0 heterocycles. The van der Waals surface area contributed by atoms with Crippen LogP contribution in [0, 0.1) is 14.4 Å². The van der Waals surface area contributed by atoms with Gasteiger partial charge in [-0.15, -0.1) is 0 Å². The molecule has 1 fully saturated rings. The van der Waals surface area contributed by atoms with Gasteiger partial charge in [0.1, 0.15) is 0 Å². The predicted octanol–water partition coefficient (Wildman–Crippen LogP) is 5.50. The summed E-state index contributed by atoms with van der Waals surface area (Å²) in [5, 5.41) is 10.1. The third-order valence-corrected chi connectivity index (χ3v) is 5.93. The summed E-state index contributed by atoms with van der Waals surface area (Å²) in [6.45, 7) is 11.7. The lowest BCUT2D eigenvalue weighted by molar-refractivity contribution is -0.00770. The first-order chi connectivity index (χ1) is 9.52. The van der Waals surface area contributed by atoms with Gasteiger partial charge in [-0.25, -0.2) is 0 Å². The molecule has 2 rings (SSSR count). The topological polar surface area (TPSA) is 29.5 Å². The fraction of sp³-hybridized carbons (Fsp3) is 0.667. The first kappa shape index (κ1) is 16.9. The third kappa shape index (κ3) is 2.90. The average Bonchev–Trinajstić information content (AvgIpc) is 2.36. The van der Waals surface area contributed by atoms with Crippen molar-refractivity contribution >= 4 is 22.6 Å². The lowest BCUT2D eigenvalue weighted by Crippen LogP contribution is -2.53. The van der Waals surface area contributed by atoms with Crippen molar-refractivity contribution in [3.05, 3.63) is 21.3 Å². The van der Waals surface area contributed by atoms with Gasteiger partial charge in [0.25, 0.3) is 0 Å². The van der Waals surface area contributed by atoms with Crippen LogP contribution >= 0.6 is 22.6 Å². The molecule has 0 aromatic heterocycles. The number of ether oxygens (including phenoxy) is 1. The molecular weight excluding hydrogens is 375 g/mol. The normalized spacial score (nSPS) is 24.5. The highest BCUT2D eigenvalue weighted by molar-refractivity contribution is 14.1. The Labute approximate surface area is 142 Å². The molecule has 1 N–H and O–H groups in total. The Balaban J connectivity index is 2.56. The van der Waals surface area contributed by atoms with Crippen molar-refractivity contribution in [3.8, 4) is 11.5 Å². The molecule has 1 unspecified atom stereocenters. The number of phenols is 1. The minimum atomic E-state index is 0.173. The molecule has 1 aliphatic carbocycles. The van der Waals surface area contributed by atoms with Crippen molar-refractivity contribution in [2.75, 3.05) is 7.11 Å². The van der Waals surface area contributed by atoms with Gasteiger partial charge in [-0.3, -0.25) is 0 Å². The molecule has 0 amide bonds. The third-order valence-electron chi connectivity index (χ3n) is 5.11. The maximum absolute atomic E-state index is 10.1. The van der Waals surface area contributed by atoms with E-state index in [0.717, 1.165) is 9.99 Å². The Hall–Kier alpha value is -0.450. The van der Waals surface area contributed by atoms with E-state index in [9.17, 15) is 5.11 Å². The minimum absolute atomic E-state index is 0.173. The van der Waals surface area contributed by atoms with Crippen molar-refractivity contribution in [2.24, 2.45) is 10.8 Å². The summed E-state index contributed by atoms with van der Waals surface area (Å²) in [5.74, 6) is 0.845. The van der Waals surface area contributed by atoms with Gasteiger partial charge in [-0.2, -0.15) is 0 Å². The second-order valence-electron chi connectivity index (χ2n) is 8.21. The molecule has 0 aliphatic heterocycles. The summed E-state index contributed by atoms with van der Waals surface area (Å²) in [5.41, 5.74) is 2.04. The van der Waals surface area contributed by atoms with Crippen molar-refractivity contribution < 1.29 is 9.84 Å². The molecule has 118 valence electrons. The summed E-state index contributed by atoms with van der Waals surface area (Å²) < 4.78 is 6.25. The summed E-state index contributed by atoms with van der Waals surface area (Å²) in [6.07, 6.45) is 3.61. The Morgan fingerprint density at radius 2 is 1.86 bits per heavy atom. The van der Waals surface area contributed by atoms with Gasteiger partial charge >= 0.3 is 0 Å².